The first-order valence-corrected chi connectivity index (χ1v) is 4.53. The van der Waals surface area contributed by atoms with E-state index in [0.29, 0.717) is 6.08 Å². The van der Waals surface area contributed by atoms with Gasteiger partial charge in [-0.2, -0.15) is 0 Å². The quantitative estimate of drug-likeness (QED) is 0.799. The number of carboxylic acid groups (broad SMARTS) is 1. The highest BCUT2D eigenvalue weighted by Gasteiger charge is 2.02. The minimum Gasteiger partial charge on any atom is -0.478 e. The summed E-state index contributed by atoms with van der Waals surface area (Å²) in [6, 6.07) is 3.50. The van der Waals surface area contributed by atoms with Crippen LogP contribution in [0, 0.1) is 5.82 Å². The van der Waals surface area contributed by atoms with E-state index in [-0.39, 0.29) is 10.7 Å². The Morgan fingerprint density at radius 3 is 2.56 bits per heavy atom. The number of benzene rings is 1. The Kier molecular flexibility index (Phi) is 4.02. The Balaban J connectivity index is 2.73. The van der Waals surface area contributed by atoms with Gasteiger partial charge in [0.15, 0.2) is 0 Å². The number of carboxylic acids is 1. The second kappa shape index (κ2) is 5.27. The molecule has 0 unspecified atom stereocenters. The van der Waals surface area contributed by atoms with Gasteiger partial charge in [-0.1, -0.05) is 11.6 Å². The van der Waals surface area contributed by atoms with Crippen LogP contribution in [0.1, 0.15) is 0 Å². The summed E-state index contributed by atoms with van der Waals surface area (Å²) in [7, 11) is 0. The van der Waals surface area contributed by atoms with Gasteiger partial charge in [-0.25, -0.2) is 9.18 Å². The SMILES string of the molecule is O=C(O)/C=C/C(=O)Nc1cc(F)cc(Cl)c1. The van der Waals surface area contributed by atoms with E-state index in [4.69, 9.17) is 16.7 Å². The summed E-state index contributed by atoms with van der Waals surface area (Å²) in [5.41, 5.74) is 0.157. The standard InChI is InChI=1S/C10H7ClFNO3/c11-6-3-7(12)5-8(4-6)13-9(14)1-2-10(15)16/h1-5H,(H,13,14)(H,15,16)/b2-1+. The second-order valence-corrected chi connectivity index (χ2v) is 3.26. The van der Waals surface area contributed by atoms with E-state index in [1.807, 2.05) is 0 Å². The van der Waals surface area contributed by atoms with Crippen LogP contribution in [0.25, 0.3) is 0 Å². The number of aliphatic carboxylic acids is 1. The van der Waals surface area contributed by atoms with Crippen molar-refractivity contribution in [2.45, 2.75) is 0 Å². The molecule has 84 valence electrons. The van der Waals surface area contributed by atoms with Crippen molar-refractivity contribution in [2.24, 2.45) is 0 Å². The van der Waals surface area contributed by atoms with Gasteiger partial charge in [0.1, 0.15) is 5.82 Å². The van der Waals surface area contributed by atoms with Crippen LogP contribution in [-0.2, 0) is 9.59 Å². The van der Waals surface area contributed by atoms with Crippen molar-refractivity contribution < 1.29 is 19.1 Å². The minimum absolute atomic E-state index is 0.137. The average Bonchev–Trinajstić information content (AvgIpc) is 2.12. The first-order chi connectivity index (χ1) is 7.47. The topological polar surface area (TPSA) is 66.4 Å². The Labute approximate surface area is 95.3 Å². The molecular weight excluding hydrogens is 237 g/mol. The summed E-state index contributed by atoms with van der Waals surface area (Å²) >= 11 is 5.56. The van der Waals surface area contributed by atoms with Gasteiger partial charge in [0.25, 0.3) is 0 Å². The smallest absolute Gasteiger partial charge is 0.328 e. The number of halogens is 2. The number of amides is 1. The van der Waals surface area contributed by atoms with Crippen LogP contribution in [0.5, 0.6) is 0 Å². The second-order valence-electron chi connectivity index (χ2n) is 2.82. The van der Waals surface area contributed by atoms with Gasteiger partial charge in [-0.05, 0) is 18.2 Å². The molecule has 16 heavy (non-hydrogen) atoms. The number of carbonyl (C=O) groups excluding carboxylic acids is 1. The fraction of sp³-hybridized carbons (Fsp3) is 0. The number of nitrogens with one attached hydrogen (secondary N) is 1. The lowest BCUT2D eigenvalue weighted by atomic mass is 10.3. The average molecular weight is 244 g/mol. The van der Waals surface area contributed by atoms with Crippen molar-refractivity contribution >= 4 is 29.2 Å². The molecule has 0 saturated carbocycles. The lowest BCUT2D eigenvalue weighted by Gasteiger charge is -2.02. The highest BCUT2D eigenvalue weighted by molar-refractivity contribution is 6.31. The number of anilines is 1. The number of carbonyl (C=O) groups is 2. The maximum absolute atomic E-state index is 12.8. The molecule has 1 aromatic carbocycles. The maximum Gasteiger partial charge on any atom is 0.328 e. The van der Waals surface area contributed by atoms with Crippen LogP contribution in [0.2, 0.25) is 5.02 Å². The number of hydrogen-bond acceptors (Lipinski definition) is 2. The van der Waals surface area contributed by atoms with E-state index in [1.165, 1.54) is 6.07 Å². The molecule has 4 nitrogen and oxygen atoms in total. The van der Waals surface area contributed by atoms with Crippen molar-refractivity contribution in [3.63, 3.8) is 0 Å². The molecule has 0 fully saturated rings. The molecule has 1 rings (SSSR count). The molecule has 0 aliphatic rings. The molecule has 0 heterocycles. The molecule has 2 N–H and O–H groups in total. The normalized spacial score (nSPS) is 10.4. The van der Waals surface area contributed by atoms with E-state index < -0.39 is 17.7 Å². The van der Waals surface area contributed by atoms with Gasteiger partial charge >= 0.3 is 5.97 Å². The Morgan fingerprint density at radius 1 is 1.31 bits per heavy atom. The lowest BCUT2D eigenvalue weighted by molar-refractivity contribution is -0.131. The van der Waals surface area contributed by atoms with Gasteiger partial charge in [0, 0.05) is 22.9 Å². The molecule has 6 heteroatoms. The van der Waals surface area contributed by atoms with Gasteiger partial charge in [0.2, 0.25) is 5.91 Å². The Hall–Kier alpha value is -1.88. The van der Waals surface area contributed by atoms with Crippen molar-refractivity contribution in [1.82, 2.24) is 0 Å². The van der Waals surface area contributed by atoms with Crippen molar-refractivity contribution in [3.8, 4) is 0 Å². The van der Waals surface area contributed by atoms with Crippen LogP contribution in [-0.4, -0.2) is 17.0 Å². The van der Waals surface area contributed by atoms with E-state index in [1.54, 1.807) is 0 Å². The number of rotatable bonds is 3. The van der Waals surface area contributed by atoms with Crippen molar-refractivity contribution in [2.75, 3.05) is 5.32 Å². The van der Waals surface area contributed by atoms with Gasteiger partial charge < -0.3 is 10.4 Å². The molecular formula is C10H7ClFNO3. The number of hydrogen-bond donors (Lipinski definition) is 2. The van der Waals surface area contributed by atoms with Crippen LogP contribution < -0.4 is 5.32 Å². The maximum atomic E-state index is 12.8. The first-order valence-electron chi connectivity index (χ1n) is 4.15. The highest BCUT2D eigenvalue weighted by atomic mass is 35.5. The van der Waals surface area contributed by atoms with Crippen LogP contribution in [0.15, 0.2) is 30.4 Å². The molecule has 0 spiro atoms. The summed E-state index contributed by atoms with van der Waals surface area (Å²) in [6.07, 6.45) is 1.50. The summed E-state index contributed by atoms with van der Waals surface area (Å²) in [5, 5.41) is 10.7. The summed E-state index contributed by atoms with van der Waals surface area (Å²) < 4.78 is 12.8. The van der Waals surface area contributed by atoms with Crippen molar-refractivity contribution in [3.05, 3.63) is 41.2 Å². The molecule has 0 radical (unpaired) electrons. The predicted molar refractivity (Wildman–Crippen MR) is 56.8 cm³/mol. The summed E-state index contributed by atoms with van der Waals surface area (Å²) in [6.45, 7) is 0. The molecule has 0 aromatic heterocycles. The molecule has 0 aliphatic carbocycles. The monoisotopic (exact) mass is 243 g/mol. The third-order valence-corrected chi connectivity index (χ3v) is 1.73. The van der Waals surface area contributed by atoms with E-state index >= 15 is 0 Å². The molecule has 1 aromatic rings. The predicted octanol–water partition coefficient (Wildman–Crippen LogP) is 2.06. The highest BCUT2D eigenvalue weighted by Crippen LogP contribution is 2.17. The fourth-order valence-electron chi connectivity index (χ4n) is 0.957. The summed E-state index contributed by atoms with van der Waals surface area (Å²) in [5.74, 6) is -2.51. The zero-order chi connectivity index (χ0) is 12.1. The fourth-order valence-corrected chi connectivity index (χ4v) is 1.18. The molecule has 0 aliphatic heterocycles. The Morgan fingerprint density at radius 2 is 2.00 bits per heavy atom. The minimum atomic E-state index is -1.24. The zero-order valence-corrected chi connectivity index (χ0v) is 8.66. The van der Waals surface area contributed by atoms with Gasteiger partial charge in [-0.15, -0.1) is 0 Å². The summed E-state index contributed by atoms with van der Waals surface area (Å²) in [4.78, 5) is 21.2. The van der Waals surface area contributed by atoms with Gasteiger partial charge in [-0.3, -0.25) is 4.79 Å². The van der Waals surface area contributed by atoms with E-state index in [2.05, 4.69) is 5.32 Å². The van der Waals surface area contributed by atoms with Gasteiger partial charge in [0.05, 0.1) is 0 Å². The first kappa shape index (κ1) is 12.2. The molecule has 0 bridgehead atoms. The van der Waals surface area contributed by atoms with Crippen LogP contribution >= 0.6 is 11.6 Å². The zero-order valence-electron chi connectivity index (χ0n) is 7.91. The Bertz CT molecular complexity index is 439. The van der Waals surface area contributed by atoms with E-state index in [0.717, 1.165) is 18.2 Å². The third kappa shape index (κ3) is 4.10. The molecule has 0 atom stereocenters. The third-order valence-electron chi connectivity index (χ3n) is 1.51. The largest absolute Gasteiger partial charge is 0.478 e. The van der Waals surface area contributed by atoms with Crippen LogP contribution in [0.4, 0.5) is 10.1 Å². The van der Waals surface area contributed by atoms with Crippen molar-refractivity contribution in [1.29, 1.82) is 0 Å². The lowest BCUT2D eigenvalue weighted by Crippen LogP contribution is -2.08. The van der Waals surface area contributed by atoms with E-state index in [9.17, 15) is 14.0 Å². The molecule has 1 amide bonds. The molecule has 0 saturated heterocycles. The van der Waals surface area contributed by atoms with Crippen LogP contribution in [0.3, 0.4) is 0 Å².